The standard InChI is InChI=1S/C7H11N3O.ClH/c1-5(2)11-6-3-9-4-10-7(6)8;/h3-5H,1-2H3,(H2,8,9,10);1H. The highest BCUT2D eigenvalue weighted by molar-refractivity contribution is 5.85. The number of hydrogen-bond acceptors (Lipinski definition) is 4. The highest BCUT2D eigenvalue weighted by Crippen LogP contribution is 2.16. The van der Waals surface area contributed by atoms with Gasteiger partial charge in [-0.3, -0.25) is 0 Å². The molecule has 0 atom stereocenters. The topological polar surface area (TPSA) is 61.0 Å². The highest BCUT2D eigenvalue weighted by Gasteiger charge is 2.01. The lowest BCUT2D eigenvalue weighted by atomic mass is 10.4. The third-order valence-corrected chi connectivity index (χ3v) is 1.07. The minimum absolute atomic E-state index is 0. The summed E-state index contributed by atoms with van der Waals surface area (Å²) in [5.74, 6) is 0.927. The van der Waals surface area contributed by atoms with E-state index in [1.807, 2.05) is 13.8 Å². The maximum Gasteiger partial charge on any atom is 0.180 e. The predicted octanol–water partition coefficient (Wildman–Crippen LogP) is 1.27. The van der Waals surface area contributed by atoms with Gasteiger partial charge in [-0.15, -0.1) is 12.4 Å². The van der Waals surface area contributed by atoms with E-state index in [2.05, 4.69) is 9.97 Å². The molecule has 0 aliphatic rings. The summed E-state index contributed by atoms with van der Waals surface area (Å²) in [6.07, 6.45) is 3.05. The Morgan fingerprint density at radius 3 is 2.67 bits per heavy atom. The van der Waals surface area contributed by atoms with Crippen molar-refractivity contribution in [3.63, 3.8) is 0 Å². The molecule has 4 nitrogen and oxygen atoms in total. The number of halogens is 1. The molecule has 68 valence electrons. The lowest BCUT2D eigenvalue weighted by Gasteiger charge is -2.09. The van der Waals surface area contributed by atoms with Crippen molar-refractivity contribution < 1.29 is 4.74 Å². The van der Waals surface area contributed by atoms with Crippen LogP contribution in [0.5, 0.6) is 5.75 Å². The van der Waals surface area contributed by atoms with Gasteiger partial charge < -0.3 is 10.5 Å². The van der Waals surface area contributed by atoms with Gasteiger partial charge in [-0.05, 0) is 13.8 Å². The second-order valence-electron chi connectivity index (χ2n) is 2.44. The summed E-state index contributed by atoms with van der Waals surface area (Å²) in [6.45, 7) is 3.85. The van der Waals surface area contributed by atoms with Crippen LogP contribution in [0.1, 0.15) is 13.8 Å². The Hall–Kier alpha value is -1.03. The van der Waals surface area contributed by atoms with E-state index in [-0.39, 0.29) is 18.5 Å². The van der Waals surface area contributed by atoms with Gasteiger partial charge >= 0.3 is 0 Å². The molecule has 0 amide bonds. The van der Waals surface area contributed by atoms with Gasteiger partial charge in [0.15, 0.2) is 11.6 Å². The van der Waals surface area contributed by atoms with Crippen LogP contribution >= 0.6 is 12.4 Å². The third-order valence-electron chi connectivity index (χ3n) is 1.07. The molecule has 2 N–H and O–H groups in total. The normalized spacial score (nSPS) is 9.25. The fraction of sp³-hybridized carbons (Fsp3) is 0.429. The lowest BCUT2D eigenvalue weighted by Crippen LogP contribution is -2.08. The molecule has 0 aliphatic heterocycles. The number of hydrogen-bond donors (Lipinski definition) is 1. The molecule has 1 aromatic rings. The monoisotopic (exact) mass is 189 g/mol. The number of aromatic nitrogens is 2. The quantitative estimate of drug-likeness (QED) is 0.761. The summed E-state index contributed by atoms with van der Waals surface area (Å²) < 4.78 is 5.29. The van der Waals surface area contributed by atoms with Crippen LogP contribution in [0.15, 0.2) is 12.5 Å². The molecule has 0 aliphatic carbocycles. The second-order valence-corrected chi connectivity index (χ2v) is 2.44. The summed E-state index contributed by atoms with van der Waals surface area (Å²) in [5, 5.41) is 0. The number of rotatable bonds is 2. The first-order valence-corrected chi connectivity index (χ1v) is 3.42. The molecule has 12 heavy (non-hydrogen) atoms. The van der Waals surface area contributed by atoms with Crippen LogP contribution in [-0.2, 0) is 0 Å². The van der Waals surface area contributed by atoms with Gasteiger partial charge in [-0.25, -0.2) is 9.97 Å². The predicted molar refractivity (Wildman–Crippen MR) is 49.5 cm³/mol. The number of anilines is 1. The number of nitrogen functional groups attached to an aromatic ring is 1. The molecule has 0 bridgehead atoms. The molecule has 1 heterocycles. The van der Waals surface area contributed by atoms with Crippen molar-refractivity contribution in [3.05, 3.63) is 12.5 Å². The minimum Gasteiger partial charge on any atom is -0.486 e. The van der Waals surface area contributed by atoms with E-state index >= 15 is 0 Å². The van der Waals surface area contributed by atoms with Crippen molar-refractivity contribution in [2.75, 3.05) is 5.73 Å². The van der Waals surface area contributed by atoms with Gasteiger partial charge in [-0.1, -0.05) is 0 Å². The lowest BCUT2D eigenvalue weighted by molar-refractivity contribution is 0.242. The first kappa shape index (κ1) is 11.0. The van der Waals surface area contributed by atoms with E-state index < -0.39 is 0 Å². The summed E-state index contributed by atoms with van der Waals surface area (Å²) in [7, 11) is 0. The van der Waals surface area contributed by atoms with Crippen molar-refractivity contribution in [1.82, 2.24) is 9.97 Å². The largest absolute Gasteiger partial charge is 0.486 e. The molecule has 5 heteroatoms. The van der Waals surface area contributed by atoms with E-state index in [4.69, 9.17) is 10.5 Å². The molecule has 0 aromatic carbocycles. The van der Waals surface area contributed by atoms with Crippen LogP contribution in [-0.4, -0.2) is 16.1 Å². The number of nitrogens with zero attached hydrogens (tertiary/aromatic N) is 2. The van der Waals surface area contributed by atoms with Crippen molar-refractivity contribution in [1.29, 1.82) is 0 Å². The zero-order valence-electron chi connectivity index (χ0n) is 7.02. The maximum absolute atomic E-state index is 5.49. The molecule has 0 spiro atoms. The molecule has 0 fully saturated rings. The van der Waals surface area contributed by atoms with E-state index in [0.717, 1.165) is 0 Å². The first-order chi connectivity index (χ1) is 5.20. The maximum atomic E-state index is 5.49. The molecule has 0 radical (unpaired) electrons. The molecular weight excluding hydrogens is 178 g/mol. The van der Waals surface area contributed by atoms with Crippen LogP contribution in [0.3, 0.4) is 0 Å². The van der Waals surface area contributed by atoms with Gasteiger partial charge in [0.25, 0.3) is 0 Å². The first-order valence-electron chi connectivity index (χ1n) is 3.42. The summed E-state index contributed by atoms with van der Waals surface area (Å²) in [4.78, 5) is 7.56. The SMILES string of the molecule is CC(C)Oc1cncnc1N.Cl. The number of nitrogens with two attached hydrogens (primary N) is 1. The molecular formula is C7H12ClN3O. The van der Waals surface area contributed by atoms with E-state index in [1.54, 1.807) is 6.20 Å². The average Bonchev–Trinajstić information content (AvgIpc) is 1.93. The van der Waals surface area contributed by atoms with Crippen molar-refractivity contribution in [2.24, 2.45) is 0 Å². The fourth-order valence-electron chi connectivity index (χ4n) is 0.671. The summed E-state index contributed by atoms with van der Waals surface area (Å²) in [5.41, 5.74) is 5.49. The number of ether oxygens (including phenoxy) is 1. The van der Waals surface area contributed by atoms with Gasteiger partial charge in [0, 0.05) is 0 Å². The Morgan fingerprint density at radius 2 is 2.17 bits per heavy atom. The Kier molecular flexibility index (Phi) is 4.36. The Bertz CT molecular complexity index is 242. The fourth-order valence-corrected chi connectivity index (χ4v) is 0.671. The van der Waals surface area contributed by atoms with Crippen molar-refractivity contribution in [3.8, 4) is 5.75 Å². The van der Waals surface area contributed by atoms with Crippen LogP contribution < -0.4 is 10.5 Å². The van der Waals surface area contributed by atoms with Gasteiger partial charge in [0.05, 0.1) is 12.3 Å². The van der Waals surface area contributed by atoms with Crippen LogP contribution in [0, 0.1) is 0 Å². The zero-order chi connectivity index (χ0) is 8.27. The van der Waals surface area contributed by atoms with E-state index in [0.29, 0.717) is 11.6 Å². The third kappa shape index (κ3) is 2.92. The van der Waals surface area contributed by atoms with E-state index in [9.17, 15) is 0 Å². The molecule has 1 aromatic heterocycles. The summed E-state index contributed by atoms with van der Waals surface area (Å²) >= 11 is 0. The van der Waals surface area contributed by atoms with Crippen molar-refractivity contribution >= 4 is 18.2 Å². The minimum atomic E-state index is 0. The summed E-state index contributed by atoms with van der Waals surface area (Å²) in [6, 6.07) is 0. The zero-order valence-corrected chi connectivity index (χ0v) is 7.84. The Labute approximate surface area is 77.6 Å². The van der Waals surface area contributed by atoms with Crippen molar-refractivity contribution in [2.45, 2.75) is 20.0 Å². The molecule has 0 unspecified atom stereocenters. The average molecular weight is 190 g/mol. The van der Waals surface area contributed by atoms with Gasteiger partial charge in [-0.2, -0.15) is 0 Å². The Balaban J connectivity index is 0.00000121. The molecule has 0 saturated carbocycles. The van der Waals surface area contributed by atoms with Crippen LogP contribution in [0.4, 0.5) is 5.82 Å². The smallest absolute Gasteiger partial charge is 0.180 e. The highest BCUT2D eigenvalue weighted by atomic mass is 35.5. The molecule has 1 rings (SSSR count). The molecule has 0 saturated heterocycles. The van der Waals surface area contributed by atoms with E-state index in [1.165, 1.54) is 6.33 Å². The van der Waals surface area contributed by atoms with Gasteiger partial charge in [0.2, 0.25) is 0 Å². The van der Waals surface area contributed by atoms with Crippen LogP contribution in [0.2, 0.25) is 0 Å². The second kappa shape index (κ2) is 4.77. The van der Waals surface area contributed by atoms with Crippen LogP contribution in [0.25, 0.3) is 0 Å². The van der Waals surface area contributed by atoms with Gasteiger partial charge in [0.1, 0.15) is 6.33 Å². The Morgan fingerprint density at radius 1 is 1.50 bits per heavy atom.